The van der Waals surface area contributed by atoms with E-state index in [9.17, 15) is 14.4 Å². The molecular weight excluding hydrogens is 398 g/mol. The topological polar surface area (TPSA) is 78.5 Å². The summed E-state index contributed by atoms with van der Waals surface area (Å²) in [5.74, 6) is -0.363. The third kappa shape index (κ3) is 5.11. The van der Waals surface area contributed by atoms with E-state index in [0.29, 0.717) is 49.6 Å². The van der Waals surface area contributed by atoms with Crippen molar-refractivity contribution in [2.24, 2.45) is 5.92 Å². The van der Waals surface area contributed by atoms with Gasteiger partial charge in [0.1, 0.15) is 0 Å². The molecule has 1 saturated heterocycles. The summed E-state index contributed by atoms with van der Waals surface area (Å²) in [4.78, 5) is 39.3. The highest BCUT2D eigenvalue weighted by Crippen LogP contribution is 2.21. The Balaban J connectivity index is 1.36. The highest BCUT2D eigenvalue weighted by Gasteiger charge is 2.27. The lowest BCUT2D eigenvalue weighted by molar-refractivity contribution is -0.126. The number of benzene rings is 1. The number of halogens is 1. The molecule has 2 heterocycles. The van der Waals surface area contributed by atoms with Crippen LogP contribution in [0.3, 0.4) is 0 Å². The van der Waals surface area contributed by atoms with Gasteiger partial charge < -0.3 is 15.5 Å². The molecule has 6 nitrogen and oxygen atoms in total. The third-order valence-electron chi connectivity index (χ3n) is 4.71. The van der Waals surface area contributed by atoms with E-state index in [0.717, 1.165) is 4.88 Å². The van der Waals surface area contributed by atoms with E-state index in [1.54, 1.807) is 29.2 Å². The molecule has 0 unspecified atom stereocenters. The Morgan fingerprint density at radius 1 is 1.04 bits per heavy atom. The summed E-state index contributed by atoms with van der Waals surface area (Å²) in [7, 11) is 0. The molecule has 0 aliphatic carbocycles. The van der Waals surface area contributed by atoms with Crippen LogP contribution in [0.4, 0.5) is 0 Å². The Hall–Kier alpha value is -2.38. The molecule has 3 amide bonds. The number of rotatable bonds is 6. The highest BCUT2D eigenvalue weighted by molar-refractivity contribution is 7.12. The fourth-order valence-electron chi connectivity index (χ4n) is 3.15. The number of hydrogen-bond acceptors (Lipinski definition) is 4. The first-order valence-corrected chi connectivity index (χ1v) is 10.4. The molecular formula is C20H22ClN3O3S. The Kier molecular flexibility index (Phi) is 7.06. The summed E-state index contributed by atoms with van der Waals surface area (Å²) in [6, 6.07) is 10.5. The van der Waals surface area contributed by atoms with E-state index < -0.39 is 0 Å². The standard InChI is InChI=1S/C20H22ClN3O3S/c21-16-5-2-1-4-15(16)19(26)23-10-9-22-18(25)14-7-11-24(12-8-14)20(27)17-6-3-13-28-17/h1-6,13-14H,7-12H2,(H,22,25)(H,23,26). The van der Waals surface area contributed by atoms with Gasteiger partial charge >= 0.3 is 0 Å². The van der Waals surface area contributed by atoms with E-state index in [4.69, 9.17) is 11.6 Å². The van der Waals surface area contributed by atoms with Crippen molar-refractivity contribution in [1.29, 1.82) is 0 Å². The van der Waals surface area contributed by atoms with E-state index in [1.165, 1.54) is 11.3 Å². The monoisotopic (exact) mass is 419 g/mol. The van der Waals surface area contributed by atoms with Crippen molar-refractivity contribution >= 4 is 40.7 Å². The lowest BCUT2D eigenvalue weighted by Gasteiger charge is -2.31. The summed E-state index contributed by atoms with van der Waals surface area (Å²) >= 11 is 7.43. The Morgan fingerprint density at radius 3 is 2.43 bits per heavy atom. The number of piperidine rings is 1. The number of nitrogens with zero attached hydrogens (tertiary/aromatic N) is 1. The zero-order valence-electron chi connectivity index (χ0n) is 15.3. The molecule has 1 aliphatic heterocycles. The van der Waals surface area contributed by atoms with Gasteiger partial charge in [-0.15, -0.1) is 11.3 Å². The molecule has 1 aromatic carbocycles. The Morgan fingerprint density at radius 2 is 1.75 bits per heavy atom. The number of carbonyl (C=O) groups is 3. The second kappa shape index (κ2) is 9.71. The predicted octanol–water partition coefficient (Wildman–Crippen LogP) is 2.80. The van der Waals surface area contributed by atoms with Crippen molar-refractivity contribution in [3.8, 4) is 0 Å². The van der Waals surface area contributed by atoms with Crippen LogP contribution >= 0.6 is 22.9 Å². The lowest BCUT2D eigenvalue weighted by Crippen LogP contribution is -2.44. The SMILES string of the molecule is O=C(NCCNC(=O)C1CCN(C(=O)c2cccs2)CC1)c1ccccc1Cl. The van der Waals surface area contributed by atoms with Crippen LogP contribution in [0.2, 0.25) is 5.02 Å². The van der Waals surface area contributed by atoms with Crippen LogP contribution in [0.15, 0.2) is 41.8 Å². The van der Waals surface area contributed by atoms with Gasteiger partial charge in [0.25, 0.3) is 11.8 Å². The Labute approximate surface area is 172 Å². The highest BCUT2D eigenvalue weighted by atomic mass is 35.5. The fraction of sp³-hybridized carbons (Fsp3) is 0.350. The van der Waals surface area contributed by atoms with Crippen molar-refractivity contribution in [3.05, 3.63) is 57.2 Å². The van der Waals surface area contributed by atoms with Gasteiger partial charge in [0, 0.05) is 32.1 Å². The average molecular weight is 420 g/mol. The van der Waals surface area contributed by atoms with E-state index in [1.807, 2.05) is 17.5 Å². The molecule has 2 N–H and O–H groups in total. The van der Waals surface area contributed by atoms with Crippen LogP contribution in [0.5, 0.6) is 0 Å². The van der Waals surface area contributed by atoms with E-state index in [-0.39, 0.29) is 23.6 Å². The van der Waals surface area contributed by atoms with Crippen LogP contribution in [-0.4, -0.2) is 48.8 Å². The quantitative estimate of drug-likeness (QED) is 0.706. The molecule has 0 radical (unpaired) electrons. The van der Waals surface area contributed by atoms with Crippen LogP contribution in [0.1, 0.15) is 32.9 Å². The molecule has 0 saturated carbocycles. The second-order valence-electron chi connectivity index (χ2n) is 6.57. The molecule has 0 atom stereocenters. The van der Waals surface area contributed by atoms with Gasteiger partial charge in [-0.05, 0) is 36.4 Å². The van der Waals surface area contributed by atoms with Gasteiger partial charge in [-0.25, -0.2) is 0 Å². The minimum Gasteiger partial charge on any atom is -0.354 e. The zero-order chi connectivity index (χ0) is 19.9. The minimum absolute atomic E-state index is 0.0322. The first-order valence-electron chi connectivity index (χ1n) is 9.19. The van der Waals surface area contributed by atoms with Gasteiger partial charge in [0.05, 0.1) is 15.5 Å². The summed E-state index contributed by atoms with van der Waals surface area (Å²) in [5, 5.41) is 7.89. The largest absolute Gasteiger partial charge is 0.354 e. The maximum absolute atomic E-state index is 12.3. The zero-order valence-corrected chi connectivity index (χ0v) is 16.9. The number of amides is 3. The van der Waals surface area contributed by atoms with E-state index >= 15 is 0 Å². The molecule has 0 spiro atoms. The molecule has 2 aromatic rings. The number of carbonyl (C=O) groups excluding carboxylic acids is 3. The van der Waals surface area contributed by atoms with Crippen LogP contribution in [-0.2, 0) is 4.79 Å². The molecule has 28 heavy (non-hydrogen) atoms. The van der Waals surface area contributed by atoms with Crippen molar-refractivity contribution < 1.29 is 14.4 Å². The van der Waals surface area contributed by atoms with Crippen LogP contribution < -0.4 is 10.6 Å². The van der Waals surface area contributed by atoms with Gasteiger partial charge in [0.2, 0.25) is 5.91 Å². The summed E-state index contributed by atoms with van der Waals surface area (Å²) in [6.07, 6.45) is 1.30. The molecule has 1 aliphatic rings. The van der Waals surface area contributed by atoms with Crippen LogP contribution in [0, 0.1) is 5.92 Å². The molecule has 8 heteroatoms. The van der Waals surface area contributed by atoms with E-state index in [2.05, 4.69) is 10.6 Å². The summed E-state index contributed by atoms with van der Waals surface area (Å²) < 4.78 is 0. The van der Waals surface area contributed by atoms with Gasteiger partial charge in [-0.1, -0.05) is 29.8 Å². The molecule has 0 bridgehead atoms. The van der Waals surface area contributed by atoms with Crippen molar-refractivity contribution in [3.63, 3.8) is 0 Å². The van der Waals surface area contributed by atoms with Crippen molar-refractivity contribution in [2.75, 3.05) is 26.2 Å². The number of likely N-dealkylation sites (tertiary alicyclic amines) is 1. The average Bonchev–Trinajstić information content (AvgIpc) is 3.25. The summed E-state index contributed by atoms with van der Waals surface area (Å²) in [6.45, 7) is 1.84. The molecule has 1 aromatic heterocycles. The number of thiophene rings is 1. The maximum Gasteiger partial charge on any atom is 0.263 e. The minimum atomic E-state index is -0.264. The lowest BCUT2D eigenvalue weighted by atomic mass is 9.96. The predicted molar refractivity (Wildman–Crippen MR) is 110 cm³/mol. The molecule has 3 rings (SSSR count). The number of hydrogen-bond donors (Lipinski definition) is 2. The smallest absolute Gasteiger partial charge is 0.263 e. The third-order valence-corrected chi connectivity index (χ3v) is 5.90. The normalized spacial score (nSPS) is 14.5. The first kappa shape index (κ1) is 20.4. The van der Waals surface area contributed by atoms with Gasteiger partial charge in [0.15, 0.2) is 0 Å². The van der Waals surface area contributed by atoms with Crippen molar-refractivity contribution in [2.45, 2.75) is 12.8 Å². The maximum atomic E-state index is 12.3. The summed E-state index contributed by atoms with van der Waals surface area (Å²) in [5.41, 5.74) is 0.415. The molecule has 1 fully saturated rings. The van der Waals surface area contributed by atoms with Gasteiger partial charge in [-0.3, -0.25) is 14.4 Å². The molecule has 148 valence electrons. The Bertz CT molecular complexity index is 833. The van der Waals surface area contributed by atoms with Crippen molar-refractivity contribution in [1.82, 2.24) is 15.5 Å². The first-order chi connectivity index (χ1) is 13.6. The number of nitrogens with one attached hydrogen (secondary N) is 2. The fourth-order valence-corrected chi connectivity index (χ4v) is 4.06. The second-order valence-corrected chi connectivity index (χ2v) is 7.93. The van der Waals surface area contributed by atoms with Gasteiger partial charge in [-0.2, -0.15) is 0 Å². The van der Waals surface area contributed by atoms with Crippen LogP contribution in [0.25, 0.3) is 0 Å².